The summed E-state index contributed by atoms with van der Waals surface area (Å²) < 4.78 is 0. The molecule has 100 valence electrons. The Bertz CT molecular complexity index is 562. The molecule has 0 amide bonds. The number of halogens is 1. The molecule has 19 heavy (non-hydrogen) atoms. The lowest BCUT2D eigenvalue weighted by Crippen LogP contribution is -2.21. The molecule has 1 atom stereocenters. The van der Waals surface area contributed by atoms with E-state index < -0.39 is 0 Å². The largest absolute Gasteiger partial charge is 0.380 e. The van der Waals surface area contributed by atoms with E-state index in [4.69, 9.17) is 11.6 Å². The maximum absolute atomic E-state index is 6.22. The van der Waals surface area contributed by atoms with Crippen molar-refractivity contribution in [3.63, 3.8) is 0 Å². The van der Waals surface area contributed by atoms with Crippen LogP contribution in [0.15, 0.2) is 30.5 Å². The van der Waals surface area contributed by atoms with Crippen LogP contribution in [0.25, 0.3) is 10.9 Å². The Kier molecular flexibility index (Phi) is 3.85. The molecule has 1 unspecified atom stereocenters. The SMILES string of the molecule is Clc1ccc(NC2CCCNCC2)c2ncccc12. The Morgan fingerprint density at radius 1 is 1.21 bits per heavy atom. The molecule has 3 nitrogen and oxygen atoms in total. The highest BCUT2D eigenvalue weighted by molar-refractivity contribution is 6.35. The van der Waals surface area contributed by atoms with E-state index in [0.29, 0.717) is 6.04 Å². The van der Waals surface area contributed by atoms with Crippen molar-refractivity contribution in [1.82, 2.24) is 10.3 Å². The van der Waals surface area contributed by atoms with Crippen molar-refractivity contribution in [2.75, 3.05) is 18.4 Å². The number of hydrogen-bond donors (Lipinski definition) is 2. The number of rotatable bonds is 2. The van der Waals surface area contributed by atoms with Crippen molar-refractivity contribution in [3.8, 4) is 0 Å². The van der Waals surface area contributed by atoms with E-state index >= 15 is 0 Å². The minimum Gasteiger partial charge on any atom is -0.380 e. The van der Waals surface area contributed by atoms with Gasteiger partial charge in [-0.15, -0.1) is 0 Å². The Morgan fingerprint density at radius 2 is 2.16 bits per heavy atom. The van der Waals surface area contributed by atoms with Crippen LogP contribution in [0.1, 0.15) is 19.3 Å². The predicted molar refractivity (Wildman–Crippen MR) is 80.9 cm³/mol. The molecular formula is C15H18ClN3. The third-order valence-electron chi connectivity index (χ3n) is 3.65. The average Bonchev–Trinajstić information content (AvgIpc) is 2.71. The second-order valence-corrected chi connectivity index (χ2v) is 5.42. The van der Waals surface area contributed by atoms with Gasteiger partial charge in [0, 0.05) is 17.6 Å². The first kappa shape index (κ1) is 12.7. The molecule has 0 aliphatic carbocycles. The van der Waals surface area contributed by atoms with E-state index in [1.807, 2.05) is 30.5 Å². The van der Waals surface area contributed by atoms with Crippen molar-refractivity contribution >= 4 is 28.2 Å². The molecule has 2 aromatic rings. The van der Waals surface area contributed by atoms with E-state index in [-0.39, 0.29) is 0 Å². The minimum atomic E-state index is 0.515. The highest BCUT2D eigenvalue weighted by Crippen LogP contribution is 2.29. The first-order valence-electron chi connectivity index (χ1n) is 6.85. The molecule has 1 aromatic heterocycles. The number of anilines is 1. The van der Waals surface area contributed by atoms with Gasteiger partial charge < -0.3 is 10.6 Å². The fraction of sp³-hybridized carbons (Fsp3) is 0.400. The van der Waals surface area contributed by atoms with Gasteiger partial charge in [-0.05, 0) is 56.6 Å². The van der Waals surface area contributed by atoms with E-state index in [9.17, 15) is 0 Å². The van der Waals surface area contributed by atoms with Crippen LogP contribution in [-0.4, -0.2) is 24.1 Å². The van der Waals surface area contributed by atoms with Crippen LogP contribution in [0.4, 0.5) is 5.69 Å². The molecule has 1 aliphatic rings. The van der Waals surface area contributed by atoms with Crippen LogP contribution >= 0.6 is 11.6 Å². The number of aromatic nitrogens is 1. The van der Waals surface area contributed by atoms with Gasteiger partial charge in [0.05, 0.1) is 16.2 Å². The maximum atomic E-state index is 6.22. The van der Waals surface area contributed by atoms with Gasteiger partial charge in [-0.1, -0.05) is 11.6 Å². The molecule has 1 aliphatic heterocycles. The van der Waals surface area contributed by atoms with Crippen LogP contribution in [0.5, 0.6) is 0 Å². The third-order valence-corrected chi connectivity index (χ3v) is 3.98. The summed E-state index contributed by atoms with van der Waals surface area (Å²) in [5, 5.41) is 8.84. The van der Waals surface area contributed by atoms with Crippen molar-refractivity contribution in [2.24, 2.45) is 0 Å². The van der Waals surface area contributed by atoms with E-state index in [1.165, 1.54) is 12.8 Å². The lowest BCUT2D eigenvalue weighted by Gasteiger charge is -2.18. The van der Waals surface area contributed by atoms with Crippen molar-refractivity contribution in [1.29, 1.82) is 0 Å². The van der Waals surface area contributed by atoms with Crippen LogP contribution in [0.3, 0.4) is 0 Å². The van der Waals surface area contributed by atoms with E-state index in [1.54, 1.807) is 0 Å². The second-order valence-electron chi connectivity index (χ2n) is 5.02. The molecule has 0 saturated carbocycles. The van der Waals surface area contributed by atoms with Gasteiger partial charge in [-0.2, -0.15) is 0 Å². The zero-order valence-corrected chi connectivity index (χ0v) is 11.6. The third kappa shape index (κ3) is 2.82. The standard InChI is InChI=1S/C15H18ClN3/c16-13-5-6-14(15-12(13)4-2-9-18-15)19-11-3-1-8-17-10-7-11/h2,4-6,9,11,17,19H,1,3,7-8,10H2. The van der Waals surface area contributed by atoms with Crippen LogP contribution < -0.4 is 10.6 Å². The summed E-state index contributed by atoms with van der Waals surface area (Å²) in [7, 11) is 0. The monoisotopic (exact) mass is 275 g/mol. The fourth-order valence-electron chi connectivity index (χ4n) is 2.64. The Hall–Kier alpha value is -1.32. The summed E-state index contributed by atoms with van der Waals surface area (Å²) >= 11 is 6.22. The van der Waals surface area contributed by atoms with Crippen LogP contribution in [0, 0.1) is 0 Å². The normalized spacial score (nSPS) is 20.2. The zero-order chi connectivity index (χ0) is 13.1. The van der Waals surface area contributed by atoms with Gasteiger partial charge in [0.1, 0.15) is 0 Å². The summed E-state index contributed by atoms with van der Waals surface area (Å²) in [5.41, 5.74) is 2.05. The number of fused-ring (bicyclic) bond motifs is 1. The molecule has 2 heterocycles. The van der Waals surface area contributed by atoms with Gasteiger partial charge in [-0.25, -0.2) is 0 Å². The molecule has 0 bridgehead atoms. The van der Waals surface area contributed by atoms with E-state index in [2.05, 4.69) is 15.6 Å². The smallest absolute Gasteiger partial charge is 0.0948 e. The first-order valence-corrected chi connectivity index (χ1v) is 7.23. The van der Waals surface area contributed by atoms with Crippen molar-refractivity contribution in [2.45, 2.75) is 25.3 Å². The summed E-state index contributed by atoms with van der Waals surface area (Å²) in [6, 6.07) is 8.44. The molecule has 1 saturated heterocycles. The second kappa shape index (κ2) is 5.76. The van der Waals surface area contributed by atoms with Gasteiger partial charge in [0.15, 0.2) is 0 Å². The highest BCUT2D eigenvalue weighted by Gasteiger charge is 2.13. The maximum Gasteiger partial charge on any atom is 0.0948 e. The Morgan fingerprint density at radius 3 is 3.11 bits per heavy atom. The number of benzene rings is 1. The molecule has 4 heteroatoms. The Labute approximate surface area is 118 Å². The summed E-state index contributed by atoms with van der Waals surface area (Å²) in [4.78, 5) is 4.47. The number of nitrogens with zero attached hydrogens (tertiary/aromatic N) is 1. The van der Waals surface area contributed by atoms with Gasteiger partial charge in [-0.3, -0.25) is 4.98 Å². The highest BCUT2D eigenvalue weighted by atomic mass is 35.5. The first-order chi connectivity index (χ1) is 9.34. The summed E-state index contributed by atoms with van der Waals surface area (Å²) in [6.07, 6.45) is 5.38. The number of pyridine rings is 1. The van der Waals surface area contributed by atoms with E-state index in [0.717, 1.165) is 41.1 Å². The number of nitrogens with one attached hydrogen (secondary N) is 2. The van der Waals surface area contributed by atoms with Crippen molar-refractivity contribution < 1.29 is 0 Å². The van der Waals surface area contributed by atoms with Crippen LogP contribution in [-0.2, 0) is 0 Å². The molecule has 1 fully saturated rings. The molecule has 3 rings (SSSR count). The van der Waals surface area contributed by atoms with Crippen LogP contribution in [0.2, 0.25) is 5.02 Å². The number of hydrogen-bond acceptors (Lipinski definition) is 3. The zero-order valence-electron chi connectivity index (χ0n) is 10.8. The molecule has 2 N–H and O–H groups in total. The van der Waals surface area contributed by atoms with Gasteiger partial charge in [0.2, 0.25) is 0 Å². The van der Waals surface area contributed by atoms with Crippen molar-refractivity contribution in [3.05, 3.63) is 35.5 Å². The lowest BCUT2D eigenvalue weighted by molar-refractivity contribution is 0.638. The van der Waals surface area contributed by atoms with Gasteiger partial charge in [0.25, 0.3) is 0 Å². The summed E-state index contributed by atoms with van der Waals surface area (Å²) in [5.74, 6) is 0. The molecule has 1 aromatic carbocycles. The summed E-state index contributed by atoms with van der Waals surface area (Å²) in [6.45, 7) is 2.20. The molecule has 0 radical (unpaired) electrons. The minimum absolute atomic E-state index is 0.515. The quantitative estimate of drug-likeness (QED) is 0.882. The molecule has 0 spiro atoms. The average molecular weight is 276 g/mol. The lowest BCUT2D eigenvalue weighted by atomic mass is 10.1. The van der Waals surface area contributed by atoms with Gasteiger partial charge >= 0.3 is 0 Å². The predicted octanol–water partition coefficient (Wildman–Crippen LogP) is 3.44. The molecular weight excluding hydrogens is 258 g/mol. The topological polar surface area (TPSA) is 37.0 Å². The fourth-order valence-corrected chi connectivity index (χ4v) is 2.85. The Balaban J connectivity index is 1.90.